The first-order valence-electron chi connectivity index (χ1n) is 17.6. The number of rotatable bonds is 31. The fourth-order valence-electron chi connectivity index (χ4n) is 5.36. The zero-order chi connectivity index (χ0) is 27.8. The Morgan fingerprint density at radius 3 is 1.24 bits per heavy atom. The molecule has 0 N–H and O–H groups in total. The van der Waals surface area contributed by atoms with Gasteiger partial charge in [-0.05, 0) is 44.9 Å². The van der Waals surface area contributed by atoms with Crippen LogP contribution in [0, 0.1) is 5.92 Å². The minimum absolute atomic E-state index is 0.0968. The molecule has 0 radical (unpaired) electrons. The normalized spacial score (nSPS) is 12.4. The molecule has 1 unspecified atom stereocenters. The Morgan fingerprint density at radius 2 is 0.816 bits per heavy atom. The second-order valence-corrected chi connectivity index (χ2v) is 11.9. The lowest BCUT2D eigenvalue weighted by atomic mass is 9.94. The Labute approximate surface area is 240 Å². The van der Waals surface area contributed by atoms with Crippen LogP contribution in [0.15, 0.2) is 12.2 Å². The predicted octanol–water partition coefficient (Wildman–Crippen LogP) is 12.7. The molecule has 2 nitrogen and oxygen atoms in total. The molecule has 0 aromatic carbocycles. The zero-order valence-corrected chi connectivity index (χ0v) is 26.6. The van der Waals surface area contributed by atoms with E-state index < -0.39 is 0 Å². The second-order valence-electron chi connectivity index (χ2n) is 11.9. The fourth-order valence-corrected chi connectivity index (χ4v) is 5.36. The van der Waals surface area contributed by atoms with Crippen molar-refractivity contribution >= 4 is 5.97 Å². The van der Waals surface area contributed by atoms with Gasteiger partial charge in [-0.15, -0.1) is 0 Å². The van der Waals surface area contributed by atoms with Gasteiger partial charge in [0.15, 0.2) is 0 Å². The lowest BCUT2D eigenvalue weighted by Crippen LogP contribution is -2.18. The highest BCUT2D eigenvalue weighted by atomic mass is 16.5. The lowest BCUT2D eigenvalue weighted by molar-refractivity contribution is -0.149. The fraction of sp³-hybridized carbons (Fsp3) is 0.917. The molecule has 0 aromatic heterocycles. The van der Waals surface area contributed by atoms with Crippen molar-refractivity contribution in [3.8, 4) is 0 Å². The molecule has 1 atom stereocenters. The quantitative estimate of drug-likeness (QED) is 0.0502. The second kappa shape index (κ2) is 32.4. The standard InChI is InChI=1S/C36H70O2/c1-4-7-10-13-16-17-18-19-20-21-22-24-27-30-33-35(32-29-26-23-14-11-8-5-2)36(37)38-34-31-28-25-15-12-9-6-3/h19-20,35H,4-18,21-34H2,1-3H3/b20-19-. The van der Waals surface area contributed by atoms with E-state index in [0.717, 1.165) is 19.3 Å². The smallest absolute Gasteiger partial charge is 0.308 e. The SMILES string of the molecule is CCCCCCCC/C=C\CCCCCCC(CCCCCCCCC)C(=O)OCCCCCCCCC. The van der Waals surface area contributed by atoms with Crippen molar-refractivity contribution in [3.63, 3.8) is 0 Å². The van der Waals surface area contributed by atoms with Gasteiger partial charge in [-0.1, -0.05) is 168 Å². The van der Waals surface area contributed by atoms with E-state index in [-0.39, 0.29) is 11.9 Å². The number of carbonyl (C=O) groups is 1. The molecule has 0 saturated heterocycles. The summed E-state index contributed by atoms with van der Waals surface area (Å²) in [5.41, 5.74) is 0. The Balaban J connectivity index is 4.02. The molecule has 0 amide bonds. The van der Waals surface area contributed by atoms with Crippen molar-refractivity contribution in [2.75, 3.05) is 6.61 Å². The molecule has 0 aliphatic carbocycles. The molecule has 226 valence electrons. The Bertz CT molecular complexity index is 484. The summed E-state index contributed by atoms with van der Waals surface area (Å²) in [5, 5.41) is 0. The van der Waals surface area contributed by atoms with Gasteiger partial charge in [-0.3, -0.25) is 4.79 Å². The van der Waals surface area contributed by atoms with E-state index >= 15 is 0 Å². The summed E-state index contributed by atoms with van der Waals surface area (Å²) in [7, 11) is 0. The van der Waals surface area contributed by atoms with Crippen LogP contribution in [0.4, 0.5) is 0 Å². The van der Waals surface area contributed by atoms with E-state index in [4.69, 9.17) is 4.74 Å². The van der Waals surface area contributed by atoms with E-state index in [9.17, 15) is 4.79 Å². The highest BCUT2D eigenvalue weighted by Crippen LogP contribution is 2.21. The third kappa shape index (κ3) is 28.2. The first kappa shape index (κ1) is 37.2. The van der Waals surface area contributed by atoms with Crippen molar-refractivity contribution in [1.29, 1.82) is 0 Å². The molecular weight excluding hydrogens is 464 g/mol. The van der Waals surface area contributed by atoms with Gasteiger partial charge in [0, 0.05) is 0 Å². The molecule has 0 aliphatic heterocycles. The van der Waals surface area contributed by atoms with Crippen LogP contribution in [0.1, 0.15) is 201 Å². The van der Waals surface area contributed by atoms with Crippen LogP contribution in [0.25, 0.3) is 0 Å². The monoisotopic (exact) mass is 535 g/mol. The number of carbonyl (C=O) groups excluding carboxylic acids is 1. The van der Waals surface area contributed by atoms with Gasteiger partial charge in [0.1, 0.15) is 0 Å². The van der Waals surface area contributed by atoms with E-state index in [0.29, 0.717) is 6.61 Å². The van der Waals surface area contributed by atoms with Crippen molar-refractivity contribution < 1.29 is 9.53 Å². The molecule has 38 heavy (non-hydrogen) atoms. The van der Waals surface area contributed by atoms with Gasteiger partial charge in [-0.2, -0.15) is 0 Å². The Morgan fingerprint density at radius 1 is 0.474 bits per heavy atom. The molecule has 0 heterocycles. The van der Waals surface area contributed by atoms with Crippen molar-refractivity contribution in [1.82, 2.24) is 0 Å². The van der Waals surface area contributed by atoms with Gasteiger partial charge in [0.25, 0.3) is 0 Å². The van der Waals surface area contributed by atoms with Crippen LogP contribution < -0.4 is 0 Å². The van der Waals surface area contributed by atoms with E-state index in [1.165, 1.54) is 161 Å². The minimum atomic E-state index is 0.0968. The van der Waals surface area contributed by atoms with Crippen LogP contribution >= 0.6 is 0 Å². The molecule has 0 spiro atoms. The average molecular weight is 535 g/mol. The summed E-state index contributed by atoms with van der Waals surface area (Å²) in [4.78, 5) is 12.9. The number of esters is 1. The third-order valence-corrected chi connectivity index (χ3v) is 8.05. The predicted molar refractivity (Wildman–Crippen MR) is 170 cm³/mol. The zero-order valence-electron chi connectivity index (χ0n) is 26.6. The lowest BCUT2D eigenvalue weighted by Gasteiger charge is -2.16. The molecule has 0 saturated carbocycles. The molecule has 0 aromatic rings. The van der Waals surface area contributed by atoms with Crippen LogP contribution in [0.2, 0.25) is 0 Å². The molecule has 2 heteroatoms. The van der Waals surface area contributed by atoms with Crippen LogP contribution in [-0.4, -0.2) is 12.6 Å². The average Bonchev–Trinajstić information content (AvgIpc) is 2.92. The Kier molecular flexibility index (Phi) is 31.7. The maximum atomic E-state index is 12.9. The van der Waals surface area contributed by atoms with E-state index in [2.05, 4.69) is 32.9 Å². The van der Waals surface area contributed by atoms with Gasteiger partial charge >= 0.3 is 5.97 Å². The summed E-state index contributed by atoms with van der Waals surface area (Å²) in [6, 6.07) is 0. The highest BCUT2D eigenvalue weighted by Gasteiger charge is 2.19. The maximum absolute atomic E-state index is 12.9. The number of unbranched alkanes of at least 4 members (excludes halogenated alkanes) is 22. The summed E-state index contributed by atoms with van der Waals surface area (Å²) in [6.07, 6.45) is 40.7. The van der Waals surface area contributed by atoms with Gasteiger partial charge < -0.3 is 4.74 Å². The summed E-state index contributed by atoms with van der Waals surface area (Å²) in [5.74, 6) is 0.229. The van der Waals surface area contributed by atoms with E-state index in [1.807, 2.05) is 0 Å². The first-order valence-corrected chi connectivity index (χ1v) is 17.6. The summed E-state index contributed by atoms with van der Waals surface area (Å²) in [6.45, 7) is 7.45. The summed E-state index contributed by atoms with van der Waals surface area (Å²) >= 11 is 0. The Hall–Kier alpha value is -0.790. The molecule has 0 aliphatic rings. The number of hydrogen-bond acceptors (Lipinski definition) is 2. The first-order chi connectivity index (χ1) is 18.8. The van der Waals surface area contributed by atoms with Crippen molar-refractivity contribution in [2.45, 2.75) is 201 Å². The third-order valence-electron chi connectivity index (χ3n) is 8.05. The van der Waals surface area contributed by atoms with Gasteiger partial charge in [0.2, 0.25) is 0 Å². The largest absolute Gasteiger partial charge is 0.465 e. The minimum Gasteiger partial charge on any atom is -0.465 e. The van der Waals surface area contributed by atoms with Gasteiger partial charge in [0.05, 0.1) is 12.5 Å². The highest BCUT2D eigenvalue weighted by molar-refractivity contribution is 5.72. The number of hydrogen-bond donors (Lipinski definition) is 0. The van der Waals surface area contributed by atoms with Crippen molar-refractivity contribution in [2.24, 2.45) is 5.92 Å². The summed E-state index contributed by atoms with van der Waals surface area (Å²) < 4.78 is 5.76. The maximum Gasteiger partial charge on any atom is 0.308 e. The number of ether oxygens (including phenoxy) is 1. The van der Waals surface area contributed by atoms with Crippen LogP contribution in [-0.2, 0) is 9.53 Å². The van der Waals surface area contributed by atoms with Crippen LogP contribution in [0.5, 0.6) is 0 Å². The topological polar surface area (TPSA) is 26.3 Å². The molecular formula is C36H70O2. The van der Waals surface area contributed by atoms with E-state index in [1.54, 1.807) is 0 Å². The van der Waals surface area contributed by atoms with Crippen LogP contribution in [0.3, 0.4) is 0 Å². The molecule has 0 fully saturated rings. The van der Waals surface area contributed by atoms with Gasteiger partial charge in [-0.25, -0.2) is 0 Å². The molecule has 0 rings (SSSR count). The number of allylic oxidation sites excluding steroid dienone is 2. The van der Waals surface area contributed by atoms with Crippen molar-refractivity contribution in [3.05, 3.63) is 12.2 Å². The molecule has 0 bridgehead atoms.